The van der Waals surface area contributed by atoms with Crippen LogP contribution in [0.1, 0.15) is 12.5 Å². The molecule has 124 valence electrons. The Morgan fingerprint density at radius 3 is 2.17 bits per heavy atom. The first-order valence-corrected chi connectivity index (χ1v) is 7.30. The Labute approximate surface area is 133 Å². The lowest BCUT2D eigenvalue weighted by molar-refractivity contribution is -0.135. The van der Waals surface area contributed by atoms with Gasteiger partial charge in [-0.05, 0) is 6.08 Å². The van der Waals surface area contributed by atoms with Crippen molar-refractivity contribution in [1.82, 2.24) is 18.9 Å². The topological polar surface area (TPSA) is 84.6 Å². The zero-order valence-corrected chi connectivity index (χ0v) is 13.5. The highest BCUT2D eigenvalue weighted by molar-refractivity contribution is 5.91. The number of carbonyl (C=O) groups excluding carboxylic acids is 2. The lowest BCUT2D eigenvalue weighted by atomic mass is 10.2. The molecule has 1 aromatic heterocycles. The summed E-state index contributed by atoms with van der Waals surface area (Å²) in [7, 11) is 2.94. The van der Waals surface area contributed by atoms with Crippen molar-refractivity contribution in [3.05, 3.63) is 38.7 Å². The van der Waals surface area contributed by atoms with Crippen LogP contribution in [0.5, 0.6) is 0 Å². The number of piperazine rings is 1. The highest BCUT2D eigenvalue weighted by Crippen LogP contribution is 2.04. The molecule has 1 aliphatic rings. The summed E-state index contributed by atoms with van der Waals surface area (Å²) in [5, 5.41) is 0. The Morgan fingerprint density at radius 1 is 1.04 bits per heavy atom. The van der Waals surface area contributed by atoms with Crippen LogP contribution < -0.4 is 11.2 Å². The van der Waals surface area contributed by atoms with Crippen molar-refractivity contribution in [2.24, 2.45) is 14.1 Å². The van der Waals surface area contributed by atoms with Crippen molar-refractivity contribution >= 4 is 17.9 Å². The van der Waals surface area contributed by atoms with E-state index >= 15 is 0 Å². The van der Waals surface area contributed by atoms with E-state index in [2.05, 4.69) is 0 Å². The zero-order valence-electron chi connectivity index (χ0n) is 13.5. The first kappa shape index (κ1) is 16.7. The minimum absolute atomic E-state index is 0.00124. The third kappa shape index (κ3) is 3.58. The van der Waals surface area contributed by atoms with E-state index in [4.69, 9.17) is 0 Å². The van der Waals surface area contributed by atoms with Crippen molar-refractivity contribution in [2.45, 2.75) is 6.92 Å². The van der Waals surface area contributed by atoms with Crippen molar-refractivity contribution in [3.8, 4) is 0 Å². The monoisotopic (exact) mass is 320 g/mol. The van der Waals surface area contributed by atoms with Crippen LogP contribution in [0.25, 0.3) is 6.08 Å². The average Bonchev–Trinajstić information content (AvgIpc) is 2.54. The van der Waals surface area contributed by atoms with Crippen LogP contribution in [0.2, 0.25) is 0 Å². The molecule has 1 saturated heterocycles. The predicted octanol–water partition coefficient (Wildman–Crippen LogP) is -1.21. The fourth-order valence-corrected chi connectivity index (χ4v) is 2.46. The van der Waals surface area contributed by atoms with Crippen LogP contribution >= 0.6 is 0 Å². The van der Waals surface area contributed by atoms with Crippen molar-refractivity contribution in [3.63, 3.8) is 0 Å². The Bertz CT molecular complexity index is 767. The molecule has 0 aromatic carbocycles. The predicted molar refractivity (Wildman–Crippen MR) is 84.8 cm³/mol. The minimum atomic E-state index is -0.446. The molecular weight excluding hydrogens is 300 g/mol. The molecule has 1 fully saturated rings. The van der Waals surface area contributed by atoms with Gasteiger partial charge in [0, 0.05) is 59.5 Å². The zero-order chi connectivity index (χ0) is 17.1. The molecule has 0 bridgehead atoms. The third-order valence-electron chi connectivity index (χ3n) is 3.92. The summed E-state index contributed by atoms with van der Waals surface area (Å²) in [6, 6.07) is 0. The Hall–Kier alpha value is -2.64. The number of amides is 2. The first-order chi connectivity index (χ1) is 10.8. The van der Waals surface area contributed by atoms with Crippen LogP contribution in [-0.2, 0) is 23.7 Å². The highest BCUT2D eigenvalue weighted by atomic mass is 16.2. The highest BCUT2D eigenvalue weighted by Gasteiger charge is 2.20. The van der Waals surface area contributed by atoms with E-state index in [0.29, 0.717) is 26.2 Å². The fraction of sp³-hybridized carbons (Fsp3) is 0.467. The molecule has 2 heterocycles. The summed E-state index contributed by atoms with van der Waals surface area (Å²) in [6.07, 6.45) is 4.15. The minimum Gasteiger partial charge on any atom is -0.339 e. The Morgan fingerprint density at radius 2 is 1.61 bits per heavy atom. The van der Waals surface area contributed by atoms with Gasteiger partial charge < -0.3 is 14.4 Å². The van der Waals surface area contributed by atoms with Gasteiger partial charge in [0.05, 0.1) is 5.56 Å². The molecule has 1 aromatic rings. The lowest BCUT2D eigenvalue weighted by Gasteiger charge is -2.33. The van der Waals surface area contributed by atoms with Gasteiger partial charge in [0.25, 0.3) is 5.56 Å². The summed E-state index contributed by atoms with van der Waals surface area (Å²) in [4.78, 5) is 50.3. The Kier molecular flexibility index (Phi) is 4.83. The number of aryl methyl sites for hydroxylation is 1. The maximum absolute atomic E-state index is 12.2. The number of carbonyl (C=O) groups is 2. The van der Waals surface area contributed by atoms with Gasteiger partial charge in [-0.3, -0.25) is 19.0 Å². The van der Waals surface area contributed by atoms with E-state index < -0.39 is 11.2 Å². The molecule has 2 rings (SSSR count). The standard InChI is InChI=1S/C15H20N4O4/c1-11(20)18-6-8-19(9-7-18)13(21)5-4-12-10-16(2)15(23)17(3)14(12)22/h4-5,10H,6-9H2,1-3H3/b5-4+. The van der Waals surface area contributed by atoms with Crippen LogP contribution in [0.15, 0.2) is 21.9 Å². The molecule has 8 heteroatoms. The number of hydrogen-bond donors (Lipinski definition) is 0. The van der Waals surface area contributed by atoms with Gasteiger partial charge in [0.2, 0.25) is 11.8 Å². The van der Waals surface area contributed by atoms with Gasteiger partial charge in [-0.15, -0.1) is 0 Å². The molecule has 1 aliphatic heterocycles. The lowest BCUT2D eigenvalue weighted by Crippen LogP contribution is -2.49. The maximum atomic E-state index is 12.2. The van der Waals surface area contributed by atoms with Crippen molar-refractivity contribution in [1.29, 1.82) is 0 Å². The molecule has 0 aliphatic carbocycles. The molecule has 0 saturated carbocycles. The van der Waals surface area contributed by atoms with Crippen molar-refractivity contribution < 1.29 is 9.59 Å². The van der Waals surface area contributed by atoms with E-state index in [1.165, 1.54) is 36.9 Å². The summed E-state index contributed by atoms with van der Waals surface area (Å²) >= 11 is 0. The van der Waals surface area contributed by atoms with Crippen LogP contribution in [0.3, 0.4) is 0 Å². The van der Waals surface area contributed by atoms with Gasteiger partial charge in [-0.1, -0.05) is 0 Å². The molecule has 0 spiro atoms. The molecule has 0 atom stereocenters. The molecule has 0 unspecified atom stereocenters. The normalized spacial score (nSPS) is 15.3. The fourth-order valence-electron chi connectivity index (χ4n) is 2.46. The van der Waals surface area contributed by atoms with Gasteiger partial charge in [0.1, 0.15) is 0 Å². The van der Waals surface area contributed by atoms with E-state index in [-0.39, 0.29) is 17.4 Å². The quantitative estimate of drug-likeness (QED) is 0.640. The maximum Gasteiger partial charge on any atom is 0.330 e. The second-order valence-electron chi connectivity index (χ2n) is 5.51. The molecule has 0 radical (unpaired) electrons. The second kappa shape index (κ2) is 6.64. The third-order valence-corrected chi connectivity index (χ3v) is 3.92. The van der Waals surface area contributed by atoms with Gasteiger partial charge >= 0.3 is 5.69 Å². The Balaban J connectivity index is 2.10. The number of nitrogens with zero attached hydrogens (tertiary/aromatic N) is 4. The molecule has 8 nitrogen and oxygen atoms in total. The average molecular weight is 320 g/mol. The van der Waals surface area contributed by atoms with E-state index in [9.17, 15) is 19.2 Å². The molecule has 2 amide bonds. The molecule has 23 heavy (non-hydrogen) atoms. The van der Waals surface area contributed by atoms with Gasteiger partial charge in [0.15, 0.2) is 0 Å². The number of aromatic nitrogens is 2. The first-order valence-electron chi connectivity index (χ1n) is 7.30. The molecular formula is C15H20N4O4. The summed E-state index contributed by atoms with van der Waals surface area (Å²) in [5.41, 5.74) is -0.595. The van der Waals surface area contributed by atoms with Crippen LogP contribution in [-0.4, -0.2) is 56.9 Å². The summed E-state index contributed by atoms with van der Waals surface area (Å²) < 4.78 is 2.28. The second-order valence-corrected chi connectivity index (χ2v) is 5.51. The SMILES string of the molecule is CC(=O)N1CCN(C(=O)/C=C/c2cn(C)c(=O)n(C)c2=O)CC1. The van der Waals surface area contributed by atoms with E-state index in [0.717, 1.165) is 4.57 Å². The van der Waals surface area contributed by atoms with Crippen molar-refractivity contribution in [2.75, 3.05) is 26.2 Å². The number of rotatable bonds is 2. The smallest absolute Gasteiger partial charge is 0.330 e. The summed E-state index contributed by atoms with van der Waals surface area (Å²) in [6.45, 7) is 3.46. The van der Waals surface area contributed by atoms with Crippen LogP contribution in [0, 0.1) is 0 Å². The number of hydrogen-bond acceptors (Lipinski definition) is 4. The van der Waals surface area contributed by atoms with E-state index in [1.807, 2.05) is 0 Å². The van der Waals surface area contributed by atoms with Crippen LogP contribution in [0.4, 0.5) is 0 Å². The van der Waals surface area contributed by atoms with Gasteiger partial charge in [-0.25, -0.2) is 4.79 Å². The van der Waals surface area contributed by atoms with Gasteiger partial charge in [-0.2, -0.15) is 0 Å². The largest absolute Gasteiger partial charge is 0.339 e. The van der Waals surface area contributed by atoms with E-state index in [1.54, 1.807) is 16.8 Å². The molecule has 0 N–H and O–H groups in total. The summed E-state index contributed by atoms with van der Waals surface area (Å²) in [5.74, 6) is -0.217.